The Morgan fingerprint density at radius 1 is 1.03 bits per heavy atom. The van der Waals surface area contributed by atoms with E-state index in [4.69, 9.17) is 9.97 Å². The third-order valence-corrected chi connectivity index (χ3v) is 6.21. The van der Waals surface area contributed by atoms with Gasteiger partial charge in [0.1, 0.15) is 5.52 Å². The van der Waals surface area contributed by atoms with Crippen LogP contribution in [0.1, 0.15) is 39.2 Å². The molecule has 0 saturated carbocycles. The van der Waals surface area contributed by atoms with Crippen LogP contribution in [0.5, 0.6) is 0 Å². The Kier molecular flexibility index (Phi) is 5.44. The zero-order chi connectivity index (χ0) is 25.6. The second-order valence-corrected chi connectivity index (χ2v) is 10.6. The summed E-state index contributed by atoms with van der Waals surface area (Å²) in [4.78, 5) is 22.1. The third-order valence-electron chi connectivity index (χ3n) is 6.21. The van der Waals surface area contributed by atoms with Crippen LogP contribution in [0, 0.1) is 5.41 Å². The second kappa shape index (κ2) is 8.81. The van der Waals surface area contributed by atoms with E-state index in [2.05, 4.69) is 76.0 Å². The van der Waals surface area contributed by atoms with E-state index in [1.54, 1.807) is 12.4 Å². The number of hydrogen-bond acceptors (Lipinski definition) is 6. The van der Waals surface area contributed by atoms with E-state index < -0.39 is 0 Å². The standard InChI is InChI=1S/C29H28N8/c1-17(12-29(2,3)4)32-20-11-19(13-30-14-20)22-9-10-23-26(33-22)27(37-36-23)28-34-24-16-31-15-21(25(24)35-28)18-7-5-6-8-18/h5,7-11,13-16,32H,1,6,12H2,2-4H3,(H,34,35)(H,36,37). The maximum atomic E-state index is 4.95. The zero-order valence-electron chi connectivity index (χ0n) is 21.1. The average Bonchev–Trinajstić information content (AvgIpc) is 3.61. The van der Waals surface area contributed by atoms with Crippen LogP contribution in [0.4, 0.5) is 5.69 Å². The van der Waals surface area contributed by atoms with Crippen molar-refractivity contribution in [2.75, 3.05) is 5.32 Å². The first kappa shape index (κ1) is 22.8. The number of pyridine rings is 3. The number of fused-ring (bicyclic) bond motifs is 2. The summed E-state index contributed by atoms with van der Waals surface area (Å²) in [5.74, 6) is 0.648. The first-order chi connectivity index (χ1) is 17.8. The van der Waals surface area contributed by atoms with Crippen LogP contribution in [0.2, 0.25) is 0 Å². The minimum absolute atomic E-state index is 0.150. The number of anilines is 1. The van der Waals surface area contributed by atoms with E-state index >= 15 is 0 Å². The fraction of sp³-hybridized carbons (Fsp3) is 0.207. The van der Waals surface area contributed by atoms with Crippen molar-refractivity contribution in [3.63, 3.8) is 0 Å². The number of imidazole rings is 1. The molecule has 0 aliphatic heterocycles. The first-order valence-electron chi connectivity index (χ1n) is 12.3. The highest BCUT2D eigenvalue weighted by Crippen LogP contribution is 2.32. The summed E-state index contributed by atoms with van der Waals surface area (Å²) in [5.41, 5.74) is 9.79. The Labute approximate surface area is 214 Å². The molecule has 0 saturated heterocycles. The molecule has 5 heterocycles. The monoisotopic (exact) mass is 488 g/mol. The molecule has 0 amide bonds. The van der Waals surface area contributed by atoms with Gasteiger partial charge in [-0.05, 0) is 42.0 Å². The van der Waals surface area contributed by atoms with Gasteiger partial charge in [0, 0.05) is 29.2 Å². The minimum Gasteiger partial charge on any atom is -0.358 e. The molecule has 0 aromatic carbocycles. The third kappa shape index (κ3) is 4.53. The van der Waals surface area contributed by atoms with Gasteiger partial charge in [0.15, 0.2) is 11.5 Å². The number of aromatic nitrogens is 7. The Bertz CT molecular complexity index is 1710. The van der Waals surface area contributed by atoms with Gasteiger partial charge in [-0.15, -0.1) is 0 Å². The molecule has 184 valence electrons. The maximum Gasteiger partial charge on any atom is 0.161 e. The lowest BCUT2D eigenvalue weighted by molar-refractivity contribution is 0.411. The summed E-state index contributed by atoms with van der Waals surface area (Å²) in [7, 11) is 0. The topological polar surface area (TPSA) is 108 Å². The van der Waals surface area contributed by atoms with Gasteiger partial charge in [0.05, 0.1) is 40.3 Å². The molecule has 8 heteroatoms. The highest BCUT2D eigenvalue weighted by molar-refractivity contribution is 5.96. The lowest BCUT2D eigenvalue weighted by Crippen LogP contribution is -2.10. The van der Waals surface area contributed by atoms with Crippen LogP contribution in [0.3, 0.4) is 0 Å². The summed E-state index contributed by atoms with van der Waals surface area (Å²) >= 11 is 0. The number of aromatic amines is 2. The molecule has 3 N–H and O–H groups in total. The van der Waals surface area contributed by atoms with Gasteiger partial charge in [-0.1, -0.05) is 45.6 Å². The van der Waals surface area contributed by atoms with Gasteiger partial charge in [-0.2, -0.15) is 5.10 Å². The fourth-order valence-corrected chi connectivity index (χ4v) is 4.68. The number of nitrogens with one attached hydrogen (secondary N) is 3. The molecule has 5 aromatic rings. The van der Waals surface area contributed by atoms with Gasteiger partial charge in [-0.25, -0.2) is 9.97 Å². The largest absolute Gasteiger partial charge is 0.358 e. The van der Waals surface area contributed by atoms with Gasteiger partial charge < -0.3 is 10.3 Å². The molecule has 1 aliphatic rings. The maximum absolute atomic E-state index is 4.95. The Morgan fingerprint density at radius 2 is 1.89 bits per heavy atom. The van der Waals surface area contributed by atoms with E-state index in [1.165, 1.54) is 0 Å². The molecule has 0 spiro atoms. The smallest absolute Gasteiger partial charge is 0.161 e. The molecule has 5 aromatic heterocycles. The van der Waals surface area contributed by atoms with Crippen molar-refractivity contribution in [3.8, 4) is 22.8 Å². The van der Waals surface area contributed by atoms with Crippen molar-refractivity contribution in [1.29, 1.82) is 0 Å². The van der Waals surface area contributed by atoms with Crippen molar-refractivity contribution in [1.82, 2.24) is 35.1 Å². The summed E-state index contributed by atoms with van der Waals surface area (Å²) in [6.45, 7) is 10.8. The molecule has 0 bridgehead atoms. The minimum atomic E-state index is 0.150. The van der Waals surface area contributed by atoms with Gasteiger partial charge in [-0.3, -0.25) is 15.1 Å². The van der Waals surface area contributed by atoms with E-state index in [0.29, 0.717) is 11.5 Å². The zero-order valence-corrected chi connectivity index (χ0v) is 21.1. The van der Waals surface area contributed by atoms with Crippen LogP contribution < -0.4 is 5.32 Å². The van der Waals surface area contributed by atoms with Crippen molar-refractivity contribution < 1.29 is 0 Å². The average molecular weight is 489 g/mol. The quantitative estimate of drug-likeness (QED) is 0.246. The van der Waals surface area contributed by atoms with Crippen LogP contribution in [-0.2, 0) is 0 Å². The second-order valence-electron chi connectivity index (χ2n) is 10.6. The normalized spacial score (nSPS) is 13.4. The predicted molar refractivity (Wildman–Crippen MR) is 149 cm³/mol. The van der Waals surface area contributed by atoms with Crippen molar-refractivity contribution in [3.05, 3.63) is 79.1 Å². The number of rotatable bonds is 6. The highest BCUT2D eigenvalue weighted by Gasteiger charge is 2.18. The van der Waals surface area contributed by atoms with Crippen LogP contribution in [-0.4, -0.2) is 35.1 Å². The Morgan fingerprint density at radius 3 is 2.70 bits per heavy atom. The molecular formula is C29H28N8. The molecule has 0 radical (unpaired) electrons. The lowest BCUT2D eigenvalue weighted by atomic mass is 9.91. The summed E-state index contributed by atoms with van der Waals surface area (Å²) in [6, 6.07) is 5.99. The van der Waals surface area contributed by atoms with Crippen molar-refractivity contribution in [2.24, 2.45) is 5.41 Å². The van der Waals surface area contributed by atoms with Gasteiger partial charge in [0.25, 0.3) is 0 Å². The van der Waals surface area contributed by atoms with E-state index in [9.17, 15) is 0 Å². The molecule has 1 aliphatic carbocycles. The van der Waals surface area contributed by atoms with Crippen LogP contribution in [0.15, 0.2) is 73.5 Å². The molecule has 37 heavy (non-hydrogen) atoms. The lowest BCUT2D eigenvalue weighted by Gasteiger charge is -2.20. The molecule has 0 atom stereocenters. The Hall–Kier alpha value is -4.59. The number of hydrogen-bond donors (Lipinski definition) is 3. The molecular weight excluding hydrogens is 460 g/mol. The van der Waals surface area contributed by atoms with E-state index in [0.717, 1.165) is 68.7 Å². The van der Waals surface area contributed by atoms with Crippen molar-refractivity contribution in [2.45, 2.75) is 33.6 Å². The highest BCUT2D eigenvalue weighted by atomic mass is 15.2. The fourth-order valence-electron chi connectivity index (χ4n) is 4.68. The molecule has 8 nitrogen and oxygen atoms in total. The van der Waals surface area contributed by atoms with Gasteiger partial charge >= 0.3 is 0 Å². The van der Waals surface area contributed by atoms with E-state index in [1.807, 2.05) is 30.6 Å². The Balaban J connectivity index is 1.36. The number of nitrogens with zero attached hydrogens (tertiary/aromatic N) is 5. The summed E-state index contributed by atoms with van der Waals surface area (Å²) < 4.78 is 0. The van der Waals surface area contributed by atoms with Crippen molar-refractivity contribution >= 4 is 33.3 Å². The SMILES string of the molecule is C=C(CC(C)(C)C)Nc1cncc(-c2ccc3[nH]nc(-c4nc5c(C6=CCC=C6)cncc5[nH]4)c3n2)c1. The number of H-pyrrole nitrogens is 2. The summed E-state index contributed by atoms with van der Waals surface area (Å²) in [5, 5.41) is 11.0. The van der Waals surface area contributed by atoms with Crippen LogP contribution >= 0.6 is 0 Å². The predicted octanol–water partition coefficient (Wildman–Crippen LogP) is 6.66. The van der Waals surface area contributed by atoms with Crippen LogP contribution in [0.25, 0.3) is 50.4 Å². The number of allylic oxidation sites excluding steroid dienone is 5. The van der Waals surface area contributed by atoms with E-state index in [-0.39, 0.29) is 5.41 Å². The van der Waals surface area contributed by atoms with Gasteiger partial charge in [0.2, 0.25) is 0 Å². The molecule has 6 rings (SSSR count). The first-order valence-corrected chi connectivity index (χ1v) is 12.3. The molecule has 0 fully saturated rings. The summed E-state index contributed by atoms with van der Waals surface area (Å²) in [6.07, 6.45) is 15.5. The molecule has 0 unspecified atom stereocenters.